The molecule has 0 aliphatic carbocycles. The standard InChI is InChI=1S/C24H28N6O3/c1-15-12-21(31)28-20-3-2-17(13-18(15)20)27-23(32)19-14-26-24(30-8-10-33-11-9-30)29-22(19)16-4-6-25-7-5-16/h2-3,12-14,16,25H,4-11H2,1H3,(H,27,32)(H,28,31). The molecule has 9 nitrogen and oxygen atoms in total. The zero-order chi connectivity index (χ0) is 22.8. The predicted molar refractivity (Wildman–Crippen MR) is 126 cm³/mol. The Labute approximate surface area is 192 Å². The van der Waals surface area contributed by atoms with Crippen molar-refractivity contribution in [1.29, 1.82) is 0 Å². The number of amides is 1. The fourth-order valence-electron chi connectivity index (χ4n) is 4.54. The van der Waals surface area contributed by atoms with E-state index in [0.29, 0.717) is 35.9 Å². The average Bonchev–Trinajstić information content (AvgIpc) is 2.85. The van der Waals surface area contributed by atoms with Gasteiger partial charge in [0.05, 0.1) is 30.0 Å². The highest BCUT2D eigenvalue weighted by Crippen LogP contribution is 2.29. The molecule has 3 aromatic rings. The molecule has 2 saturated heterocycles. The lowest BCUT2D eigenvalue weighted by atomic mass is 9.91. The highest BCUT2D eigenvalue weighted by molar-refractivity contribution is 6.06. The first-order chi connectivity index (χ1) is 16.1. The molecule has 3 N–H and O–H groups in total. The quantitative estimate of drug-likeness (QED) is 0.558. The van der Waals surface area contributed by atoms with Gasteiger partial charge in [0, 0.05) is 42.3 Å². The number of aromatic hydroxyl groups is 1. The van der Waals surface area contributed by atoms with Gasteiger partial charge in [0.25, 0.3) is 5.91 Å². The summed E-state index contributed by atoms with van der Waals surface area (Å²) in [6.07, 6.45) is 3.53. The number of piperidine rings is 1. The first kappa shape index (κ1) is 21.5. The van der Waals surface area contributed by atoms with Gasteiger partial charge in [-0.2, -0.15) is 0 Å². The minimum Gasteiger partial charge on any atom is -0.493 e. The van der Waals surface area contributed by atoms with Crippen LogP contribution >= 0.6 is 0 Å². The van der Waals surface area contributed by atoms with E-state index >= 15 is 0 Å². The molecule has 0 atom stereocenters. The second-order valence-corrected chi connectivity index (χ2v) is 8.58. The maximum absolute atomic E-state index is 13.3. The third-order valence-corrected chi connectivity index (χ3v) is 6.33. The monoisotopic (exact) mass is 448 g/mol. The highest BCUT2D eigenvalue weighted by Gasteiger charge is 2.26. The van der Waals surface area contributed by atoms with Gasteiger partial charge in [0.1, 0.15) is 0 Å². The van der Waals surface area contributed by atoms with Crippen LogP contribution in [0, 0.1) is 6.92 Å². The van der Waals surface area contributed by atoms with Gasteiger partial charge in [-0.1, -0.05) is 0 Å². The van der Waals surface area contributed by atoms with Crippen LogP contribution in [-0.2, 0) is 4.74 Å². The van der Waals surface area contributed by atoms with Crippen LogP contribution in [0.5, 0.6) is 5.88 Å². The molecule has 9 heteroatoms. The fraction of sp³-hybridized carbons (Fsp3) is 0.417. The van der Waals surface area contributed by atoms with E-state index in [2.05, 4.69) is 25.5 Å². The summed E-state index contributed by atoms with van der Waals surface area (Å²) < 4.78 is 5.45. The van der Waals surface area contributed by atoms with Crippen molar-refractivity contribution in [2.45, 2.75) is 25.7 Å². The first-order valence-corrected chi connectivity index (χ1v) is 11.4. The Morgan fingerprint density at radius 1 is 1.18 bits per heavy atom. The molecule has 0 bridgehead atoms. The molecule has 0 saturated carbocycles. The number of nitrogens with zero attached hydrogens (tertiary/aromatic N) is 4. The third kappa shape index (κ3) is 4.60. The Kier molecular flexibility index (Phi) is 6.06. The molecule has 2 fully saturated rings. The van der Waals surface area contributed by atoms with Gasteiger partial charge in [0.15, 0.2) is 0 Å². The molecule has 33 heavy (non-hydrogen) atoms. The van der Waals surface area contributed by atoms with Crippen LogP contribution in [0.3, 0.4) is 0 Å². The summed E-state index contributed by atoms with van der Waals surface area (Å²) in [5, 5.41) is 17.0. The number of ether oxygens (including phenoxy) is 1. The number of carbonyl (C=O) groups is 1. The molecule has 2 aromatic heterocycles. The van der Waals surface area contributed by atoms with E-state index in [0.717, 1.165) is 55.7 Å². The van der Waals surface area contributed by atoms with E-state index in [4.69, 9.17) is 9.72 Å². The Morgan fingerprint density at radius 3 is 2.76 bits per heavy atom. The van der Waals surface area contributed by atoms with E-state index in [1.165, 1.54) is 0 Å². The summed E-state index contributed by atoms with van der Waals surface area (Å²) in [7, 11) is 0. The van der Waals surface area contributed by atoms with E-state index in [1.807, 2.05) is 13.0 Å². The molecule has 0 radical (unpaired) electrons. The number of pyridine rings is 1. The van der Waals surface area contributed by atoms with Crippen LogP contribution in [0.15, 0.2) is 30.5 Å². The molecular formula is C24H28N6O3. The number of carbonyl (C=O) groups excluding carboxylic acids is 1. The van der Waals surface area contributed by atoms with Crippen LogP contribution < -0.4 is 15.5 Å². The maximum atomic E-state index is 13.3. The summed E-state index contributed by atoms with van der Waals surface area (Å²) in [6, 6.07) is 7.08. The molecule has 0 spiro atoms. The summed E-state index contributed by atoms with van der Waals surface area (Å²) in [5.41, 5.74) is 3.56. The Hall–Kier alpha value is -3.30. The van der Waals surface area contributed by atoms with Crippen molar-refractivity contribution in [2.24, 2.45) is 0 Å². The fourth-order valence-corrected chi connectivity index (χ4v) is 4.54. The molecule has 1 aromatic carbocycles. The second-order valence-electron chi connectivity index (χ2n) is 8.58. The van der Waals surface area contributed by atoms with Crippen LogP contribution in [0.2, 0.25) is 0 Å². The Balaban J connectivity index is 1.45. The smallest absolute Gasteiger partial charge is 0.259 e. The lowest BCUT2D eigenvalue weighted by Gasteiger charge is -2.29. The topological polar surface area (TPSA) is 113 Å². The van der Waals surface area contributed by atoms with Crippen molar-refractivity contribution < 1.29 is 14.6 Å². The zero-order valence-corrected chi connectivity index (χ0v) is 18.7. The Morgan fingerprint density at radius 2 is 1.97 bits per heavy atom. The van der Waals surface area contributed by atoms with Crippen molar-refractivity contribution in [3.05, 3.63) is 47.3 Å². The number of aryl methyl sites for hydroxylation is 1. The van der Waals surface area contributed by atoms with Crippen molar-refractivity contribution in [3.63, 3.8) is 0 Å². The van der Waals surface area contributed by atoms with Crippen molar-refractivity contribution in [2.75, 3.05) is 49.6 Å². The van der Waals surface area contributed by atoms with Crippen molar-refractivity contribution in [1.82, 2.24) is 20.3 Å². The largest absolute Gasteiger partial charge is 0.493 e. The first-order valence-electron chi connectivity index (χ1n) is 11.4. The second kappa shape index (κ2) is 9.29. The molecule has 4 heterocycles. The minimum atomic E-state index is -0.221. The summed E-state index contributed by atoms with van der Waals surface area (Å²) in [6.45, 7) is 6.53. The number of aromatic nitrogens is 3. The van der Waals surface area contributed by atoms with Gasteiger partial charge in [-0.25, -0.2) is 15.0 Å². The van der Waals surface area contributed by atoms with E-state index in [9.17, 15) is 9.90 Å². The van der Waals surface area contributed by atoms with Crippen molar-refractivity contribution >= 4 is 28.4 Å². The molecule has 2 aliphatic heterocycles. The number of anilines is 2. The summed E-state index contributed by atoms with van der Waals surface area (Å²) in [5.74, 6) is 0.637. The number of rotatable bonds is 4. The minimum absolute atomic E-state index is 0.0131. The molecule has 172 valence electrons. The van der Waals surface area contributed by atoms with E-state index < -0.39 is 0 Å². The highest BCUT2D eigenvalue weighted by atomic mass is 16.5. The summed E-state index contributed by atoms with van der Waals surface area (Å²) in [4.78, 5) is 29.0. The van der Waals surface area contributed by atoms with Gasteiger partial charge in [0.2, 0.25) is 11.8 Å². The number of nitrogens with one attached hydrogen (secondary N) is 2. The number of fused-ring (bicyclic) bond motifs is 1. The molecule has 5 rings (SSSR count). The lowest BCUT2D eigenvalue weighted by molar-refractivity contribution is 0.102. The predicted octanol–water partition coefficient (Wildman–Crippen LogP) is 2.59. The molecule has 1 amide bonds. The van der Waals surface area contributed by atoms with E-state index in [1.54, 1.807) is 24.4 Å². The van der Waals surface area contributed by atoms with Crippen LogP contribution in [0.25, 0.3) is 10.9 Å². The number of hydrogen-bond donors (Lipinski definition) is 3. The Bertz CT molecular complexity index is 1170. The van der Waals surface area contributed by atoms with Crippen LogP contribution in [-0.4, -0.2) is 65.4 Å². The molecule has 2 aliphatic rings. The molecular weight excluding hydrogens is 420 g/mol. The third-order valence-electron chi connectivity index (χ3n) is 6.33. The maximum Gasteiger partial charge on any atom is 0.259 e. The lowest BCUT2D eigenvalue weighted by Crippen LogP contribution is -2.38. The average molecular weight is 449 g/mol. The normalized spacial score (nSPS) is 17.3. The van der Waals surface area contributed by atoms with Gasteiger partial charge in [-0.3, -0.25) is 4.79 Å². The van der Waals surface area contributed by atoms with Gasteiger partial charge in [-0.05, 0) is 56.6 Å². The zero-order valence-electron chi connectivity index (χ0n) is 18.7. The van der Waals surface area contributed by atoms with Crippen LogP contribution in [0.4, 0.5) is 11.6 Å². The van der Waals surface area contributed by atoms with E-state index in [-0.39, 0.29) is 17.7 Å². The van der Waals surface area contributed by atoms with Crippen molar-refractivity contribution in [3.8, 4) is 5.88 Å². The van der Waals surface area contributed by atoms with Gasteiger partial charge < -0.3 is 25.4 Å². The number of benzene rings is 1. The number of morpholine rings is 1. The molecule has 0 unspecified atom stereocenters. The summed E-state index contributed by atoms with van der Waals surface area (Å²) >= 11 is 0. The number of hydrogen-bond acceptors (Lipinski definition) is 8. The SMILES string of the molecule is Cc1cc(O)nc2ccc(NC(=O)c3cnc(N4CCOCC4)nc3C3CCNCC3)cc12. The van der Waals surface area contributed by atoms with Gasteiger partial charge in [-0.15, -0.1) is 0 Å². The van der Waals surface area contributed by atoms with Crippen LogP contribution in [0.1, 0.15) is 40.4 Å². The van der Waals surface area contributed by atoms with Gasteiger partial charge >= 0.3 is 0 Å².